The standard InChI is InChI=1S/C18H24N4O2/c1-20-12-14(11-19-20)13-21-5-3-6-22(8-7-21)18(23)16-10-15(16)17-4-2-9-24-17/h2,4,9,11-12,15-16H,3,5-8,10,13H2,1H3/t15-,16-/m0/s1. The highest BCUT2D eigenvalue weighted by Gasteiger charge is 2.47. The van der Waals surface area contributed by atoms with Crippen molar-refractivity contribution in [1.82, 2.24) is 19.6 Å². The molecule has 4 rings (SSSR count). The second kappa shape index (κ2) is 6.43. The van der Waals surface area contributed by atoms with Crippen molar-refractivity contribution in [1.29, 1.82) is 0 Å². The van der Waals surface area contributed by atoms with Crippen molar-refractivity contribution in [3.05, 3.63) is 42.1 Å². The second-order valence-corrected chi connectivity index (χ2v) is 6.94. The van der Waals surface area contributed by atoms with Gasteiger partial charge in [0.2, 0.25) is 5.91 Å². The molecule has 1 saturated carbocycles. The van der Waals surface area contributed by atoms with Gasteiger partial charge in [0.05, 0.1) is 12.5 Å². The molecule has 1 aliphatic carbocycles. The molecule has 2 aliphatic rings. The van der Waals surface area contributed by atoms with Crippen LogP contribution in [-0.4, -0.2) is 51.7 Å². The Hall–Kier alpha value is -2.08. The van der Waals surface area contributed by atoms with Crippen molar-refractivity contribution in [2.45, 2.75) is 25.3 Å². The summed E-state index contributed by atoms with van der Waals surface area (Å²) >= 11 is 0. The van der Waals surface area contributed by atoms with Gasteiger partial charge in [0, 0.05) is 63.4 Å². The third-order valence-corrected chi connectivity index (χ3v) is 5.08. The van der Waals surface area contributed by atoms with Gasteiger partial charge >= 0.3 is 0 Å². The Bertz CT molecular complexity index is 694. The summed E-state index contributed by atoms with van der Waals surface area (Å²) in [5.74, 6) is 1.68. The minimum Gasteiger partial charge on any atom is -0.469 e. The topological polar surface area (TPSA) is 54.5 Å². The van der Waals surface area contributed by atoms with Crippen molar-refractivity contribution in [3.8, 4) is 0 Å². The van der Waals surface area contributed by atoms with Gasteiger partial charge in [-0.1, -0.05) is 0 Å². The van der Waals surface area contributed by atoms with Crippen molar-refractivity contribution in [2.75, 3.05) is 26.2 Å². The van der Waals surface area contributed by atoms with Gasteiger partial charge in [-0.05, 0) is 25.0 Å². The van der Waals surface area contributed by atoms with E-state index in [2.05, 4.69) is 21.1 Å². The molecule has 2 aromatic heterocycles. The van der Waals surface area contributed by atoms with E-state index in [1.807, 2.05) is 30.1 Å². The number of amides is 1. The number of nitrogens with zero attached hydrogens (tertiary/aromatic N) is 4. The summed E-state index contributed by atoms with van der Waals surface area (Å²) in [7, 11) is 1.94. The Balaban J connectivity index is 1.31. The summed E-state index contributed by atoms with van der Waals surface area (Å²) in [4.78, 5) is 17.2. The average molecular weight is 328 g/mol. The van der Waals surface area contributed by atoms with Crippen LogP contribution in [0.5, 0.6) is 0 Å². The van der Waals surface area contributed by atoms with E-state index in [0.717, 1.165) is 51.3 Å². The Morgan fingerprint density at radius 3 is 3.00 bits per heavy atom. The average Bonchev–Trinajstić information content (AvgIpc) is 3.08. The molecule has 1 amide bonds. The maximum atomic E-state index is 12.7. The molecule has 0 bridgehead atoms. The van der Waals surface area contributed by atoms with Gasteiger partial charge in [-0.3, -0.25) is 14.4 Å². The Morgan fingerprint density at radius 2 is 2.25 bits per heavy atom. The minimum atomic E-state index is 0.126. The number of carbonyl (C=O) groups excluding carboxylic acids is 1. The number of hydrogen-bond donors (Lipinski definition) is 0. The van der Waals surface area contributed by atoms with Crippen LogP contribution in [0.4, 0.5) is 0 Å². The largest absolute Gasteiger partial charge is 0.469 e. The van der Waals surface area contributed by atoms with Gasteiger partial charge in [-0.15, -0.1) is 0 Å². The quantitative estimate of drug-likeness (QED) is 0.859. The summed E-state index contributed by atoms with van der Waals surface area (Å²) in [5.41, 5.74) is 1.23. The Kier molecular flexibility index (Phi) is 4.14. The van der Waals surface area contributed by atoms with Crippen molar-refractivity contribution < 1.29 is 9.21 Å². The lowest BCUT2D eigenvalue weighted by molar-refractivity contribution is -0.132. The van der Waals surface area contributed by atoms with E-state index >= 15 is 0 Å². The van der Waals surface area contributed by atoms with E-state index in [1.54, 1.807) is 6.26 Å². The molecule has 0 radical (unpaired) electrons. The zero-order valence-electron chi connectivity index (χ0n) is 14.1. The Morgan fingerprint density at radius 1 is 1.33 bits per heavy atom. The molecule has 1 aliphatic heterocycles. The molecule has 0 aromatic carbocycles. The fourth-order valence-corrected chi connectivity index (χ4v) is 3.68. The lowest BCUT2D eigenvalue weighted by Gasteiger charge is -2.21. The number of hydrogen-bond acceptors (Lipinski definition) is 4. The highest BCUT2D eigenvalue weighted by molar-refractivity contribution is 5.82. The molecule has 6 nitrogen and oxygen atoms in total. The van der Waals surface area contributed by atoms with Gasteiger partial charge in [0.1, 0.15) is 5.76 Å². The van der Waals surface area contributed by atoms with Crippen LogP contribution in [0.1, 0.15) is 30.1 Å². The molecule has 128 valence electrons. The summed E-state index contributed by atoms with van der Waals surface area (Å²) in [5, 5.41) is 4.23. The molecule has 2 fully saturated rings. The highest BCUT2D eigenvalue weighted by Crippen LogP contribution is 2.48. The van der Waals surface area contributed by atoms with Crippen LogP contribution >= 0.6 is 0 Å². The molecule has 2 aromatic rings. The molecule has 0 spiro atoms. The molecule has 0 N–H and O–H groups in total. The van der Waals surface area contributed by atoms with Crippen LogP contribution < -0.4 is 0 Å². The zero-order valence-corrected chi connectivity index (χ0v) is 14.1. The first-order valence-electron chi connectivity index (χ1n) is 8.73. The third-order valence-electron chi connectivity index (χ3n) is 5.08. The number of furan rings is 1. The van der Waals surface area contributed by atoms with E-state index in [1.165, 1.54) is 5.56 Å². The molecule has 6 heteroatoms. The predicted octanol–water partition coefficient (Wildman–Crippen LogP) is 1.85. The van der Waals surface area contributed by atoms with E-state index in [9.17, 15) is 4.79 Å². The van der Waals surface area contributed by atoms with Gasteiger partial charge < -0.3 is 9.32 Å². The maximum Gasteiger partial charge on any atom is 0.226 e. The van der Waals surface area contributed by atoms with Gasteiger partial charge in [0.15, 0.2) is 0 Å². The molecule has 24 heavy (non-hydrogen) atoms. The van der Waals surface area contributed by atoms with E-state index in [-0.39, 0.29) is 5.92 Å². The fraction of sp³-hybridized carbons (Fsp3) is 0.556. The van der Waals surface area contributed by atoms with Crippen LogP contribution in [0.2, 0.25) is 0 Å². The monoisotopic (exact) mass is 328 g/mol. The second-order valence-electron chi connectivity index (χ2n) is 6.94. The van der Waals surface area contributed by atoms with Crippen LogP contribution in [0.3, 0.4) is 0 Å². The van der Waals surface area contributed by atoms with Gasteiger partial charge in [-0.2, -0.15) is 5.10 Å². The maximum absolute atomic E-state index is 12.7. The molecule has 0 unspecified atom stereocenters. The molecule has 2 atom stereocenters. The number of aromatic nitrogens is 2. The zero-order chi connectivity index (χ0) is 16.5. The smallest absolute Gasteiger partial charge is 0.226 e. The Labute approximate surface area is 142 Å². The van der Waals surface area contributed by atoms with Crippen LogP contribution in [0.15, 0.2) is 35.2 Å². The van der Waals surface area contributed by atoms with Gasteiger partial charge in [-0.25, -0.2) is 0 Å². The SMILES string of the molecule is Cn1cc(CN2CCCN(C(=O)[C@H]3C[C@@H]3c3ccco3)CC2)cn1. The summed E-state index contributed by atoms with van der Waals surface area (Å²) in [6.07, 6.45) is 7.64. The predicted molar refractivity (Wildman–Crippen MR) is 89.2 cm³/mol. The summed E-state index contributed by atoms with van der Waals surface area (Å²) < 4.78 is 7.29. The van der Waals surface area contributed by atoms with Crippen LogP contribution in [-0.2, 0) is 18.4 Å². The highest BCUT2D eigenvalue weighted by atomic mass is 16.3. The molecular formula is C18H24N4O2. The first-order valence-corrected chi connectivity index (χ1v) is 8.73. The number of carbonyl (C=O) groups is 1. The lowest BCUT2D eigenvalue weighted by atomic mass is 10.2. The first-order chi connectivity index (χ1) is 11.7. The van der Waals surface area contributed by atoms with Crippen molar-refractivity contribution in [3.63, 3.8) is 0 Å². The van der Waals surface area contributed by atoms with E-state index in [4.69, 9.17) is 4.42 Å². The first kappa shape index (κ1) is 15.4. The molecule has 1 saturated heterocycles. The van der Waals surface area contributed by atoms with Crippen LogP contribution in [0, 0.1) is 5.92 Å². The number of rotatable bonds is 4. The molecular weight excluding hydrogens is 304 g/mol. The summed E-state index contributed by atoms with van der Waals surface area (Å²) in [6, 6.07) is 3.88. The van der Waals surface area contributed by atoms with Gasteiger partial charge in [0.25, 0.3) is 0 Å². The molecule has 3 heterocycles. The number of aryl methyl sites for hydroxylation is 1. The van der Waals surface area contributed by atoms with Crippen molar-refractivity contribution >= 4 is 5.91 Å². The summed E-state index contributed by atoms with van der Waals surface area (Å²) in [6.45, 7) is 4.56. The lowest BCUT2D eigenvalue weighted by Crippen LogP contribution is -2.36. The van der Waals surface area contributed by atoms with Crippen LogP contribution in [0.25, 0.3) is 0 Å². The third kappa shape index (κ3) is 3.24. The fourth-order valence-electron chi connectivity index (χ4n) is 3.68. The normalized spacial score (nSPS) is 24.8. The van der Waals surface area contributed by atoms with E-state index < -0.39 is 0 Å². The van der Waals surface area contributed by atoms with E-state index in [0.29, 0.717) is 11.8 Å². The minimum absolute atomic E-state index is 0.126. The van der Waals surface area contributed by atoms with Crippen molar-refractivity contribution in [2.24, 2.45) is 13.0 Å².